The molecule has 0 aliphatic heterocycles. The van der Waals surface area contributed by atoms with Gasteiger partial charge in [-0.15, -0.1) is 0 Å². The van der Waals surface area contributed by atoms with Gasteiger partial charge in [0, 0.05) is 0 Å². The van der Waals surface area contributed by atoms with Gasteiger partial charge in [0.2, 0.25) is 0 Å². The van der Waals surface area contributed by atoms with Gasteiger partial charge >= 0.3 is 5.97 Å². The summed E-state index contributed by atoms with van der Waals surface area (Å²) < 4.78 is 12.3. The summed E-state index contributed by atoms with van der Waals surface area (Å²) in [5, 5.41) is 8.94. The summed E-state index contributed by atoms with van der Waals surface area (Å²) in [6.07, 6.45) is 4.99. The van der Waals surface area contributed by atoms with Crippen LogP contribution in [0.25, 0.3) is 0 Å². The van der Waals surface area contributed by atoms with Gasteiger partial charge in [-0.3, -0.25) is 0 Å². The lowest BCUT2D eigenvalue weighted by molar-refractivity contribution is -0.139. The summed E-state index contributed by atoms with van der Waals surface area (Å²) in [6.45, 7) is 1.90. The Balaban J connectivity index is 1.46. The van der Waals surface area contributed by atoms with Gasteiger partial charge in [0.05, 0.1) is 6.10 Å². The fraction of sp³-hybridized carbons (Fsp3) is 0.345. The standard InChI is InChI=1S/C29H32O4/c1-2-25(33-29(22-10-5-3-6-11-22)23-12-7-4-8-13-23)19-21-16-17-26-24(18-21)14-9-15-27(26)32-20-28(30)31/h3-15,21,25,29H,2,16-20H2,1H3,(H,30,31). The largest absolute Gasteiger partial charge is 0.482 e. The van der Waals surface area contributed by atoms with E-state index in [1.165, 1.54) is 16.7 Å². The van der Waals surface area contributed by atoms with Crippen LogP contribution < -0.4 is 4.74 Å². The van der Waals surface area contributed by atoms with Gasteiger partial charge in [0.15, 0.2) is 6.61 Å². The van der Waals surface area contributed by atoms with Gasteiger partial charge < -0.3 is 14.6 Å². The average molecular weight is 445 g/mol. The van der Waals surface area contributed by atoms with Crippen LogP contribution in [0.15, 0.2) is 78.9 Å². The van der Waals surface area contributed by atoms with Crippen molar-refractivity contribution in [1.82, 2.24) is 0 Å². The van der Waals surface area contributed by atoms with Gasteiger partial charge in [-0.05, 0) is 66.3 Å². The molecule has 4 rings (SSSR count). The molecule has 1 aliphatic rings. The first-order valence-electron chi connectivity index (χ1n) is 11.8. The fourth-order valence-electron chi connectivity index (χ4n) is 4.81. The molecule has 2 unspecified atom stereocenters. The first kappa shape index (κ1) is 23.1. The van der Waals surface area contributed by atoms with Gasteiger partial charge in [0.1, 0.15) is 11.9 Å². The summed E-state index contributed by atoms with van der Waals surface area (Å²) >= 11 is 0. The second-order valence-electron chi connectivity index (χ2n) is 8.79. The van der Waals surface area contributed by atoms with Crippen LogP contribution in [0.4, 0.5) is 0 Å². The minimum atomic E-state index is -0.949. The van der Waals surface area contributed by atoms with E-state index in [-0.39, 0.29) is 18.8 Å². The van der Waals surface area contributed by atoms with Crippen molar-refractivity contribution in [2.75, 3.05) is 6.61 Å². The number of rotatable bonds is 10. The number of hydrogen-bond acceptors (Lipinski definition) is 3. The van der Waals surface area contributed by atoms with E-state index in [1.807, 2.05) is 24.3 Å². The quantitative estimate of drug-likeness (QED) is 0.403. The Hall–Kier alpha value is -3.11. The molecule has 2 atom stereocenters. The molecule has 3 aromatic carbocycles. The molecular formula is C29H32O4. The maximum atomic E-state index is 10.9. The lowest BCUT2D eigenvalue weighted by atomic mass is 9.80. The van der Waals surface area contributed by atoms with E-state index in [1.54, 1.807) is 0 Å². The molecule has 172 valence electrons. The summed E-state index contributed by atoms with van der Waals surface area (Å²) in [7, 11) is 0. The molecule has 0 spiro atoms. The number of ether oxygens (including phenoxy) is 2. The highest BCUT2D eigenvalue weighted by Gasteiger charge is 2.26. The normalized spacial score (nSPS) is 16.2. The van der Waals surface area contributed by atoms with E-state index in [9.17, 15) is 4.79 Å². The number of carboxylic acids is 1. The zero-order valence-corrected chi connectivity index (χ0v) is 19.2. The van der Waals surface area contributed by atoms with Crippen LogP contribution in [0, 0.1) is 5.92 Å². The van der Waals surface area contributed by atoms with Crippen LogP contribution in [0.3, 0.4) is 0 Å². The smallest absolute Gasteiger partial charge is 0.341 e. The number of carbonyl (C=O) groups is 1. The first-order chi connectivity index (χ1) is 16.1. The second-order valence-corrected chi connectivity index (χ2v) is 8.79. The zero-order chi connectivity index (χ0) is 23.0. The number of benzene rings is 3. The lowest BCUT2D eigenvalue weighted by Gasteiger charge is -2.31. The summed E-state index contributed by atoms with van der Waals surface area (Å²) in [5.41, 5.74) is 4.79. The van der Waals surface area contributed by atoms with E-state index in [2.05, 4.69) is 61.5 Å². The third kappa shape index (κ3) is 6.02. The topological polar surface area (TPSA) is 55.8 Å². The summed E-state index contributed by atoms with van der Waals surface area (Å²) in [4.78, 5) is 10.9. The Morgan fingerprint density at radius 1 is 0.970 bits per heavy atom. The van der Waals surface area contributed by atoms with Crippen molar-refractivity contribution in [3.05, 3.63) is 101 Å². The molecule has 1 N–H and O–H groups in total. The molecular weight excluding hydrogens is 412 g/mol. The predicted molar refractivity (Wildman–Crippen MR) is 130 cm³/mol. The van der Waals surface area contributed by atoms with E-state index < -0.39 is 5.97 Å². The molecule has 4 heteroatoms. The van der Waals surface area contributed by atoms with Crippen molar-refractivity contribution in [3.8, 4) is 5.75 Å². The third-order valence-electron chi connectivity index (χ3n) is 6.48. The molecule has 0 fully saturated rings. The second kappa shape index (κ2) is 11.2. The lowest BCUT2D eigenvalue weighted by Crippen LogP contribution is -2.24. The monoisotopic (exact) mass is 444 g/mol. The Morgan fingerprint density at radius 2 is 1.64 bits per heavy atom. The van der Waals surface area contributed by atoms with Crippen LogP contribution >= 0.6 is 0 Å². The molecule has 4 nitrogen and oxygen atoms in total. The molecule has 0 bridgehead atoms. The van der Waals surface area contributed by atoms with Gasteiger partial charge in [-0.1, -0.05) is 79.7 Å². The predicted octanol–water partition coefficient (Wildman–Crippen LogP) is 6.23. The van der Waals surface area contributed by atoms with Crippen molar-refractivity contribution in [2.24, 2.45) is 5.92 Å². The highest BCUT2D eigenvalue weighted by atomic mass is 16.5. The van der Waals surface area contributed by atoms with Gasteiger partial charge in [-0.2, -0.15) is 0 Å². The number of hydrogen-bond donors (Lipinski definition) is 1. The number of fused-ring (bicyclic) bond motifs is 1. The summed E-state index contributed by atoms with van der Waals surface area (Å²) in [6, 6.07) is 26.9. The number of aliphatic carboxylic acids is 1. The number of carboxylic acid groups (broad SMARTS) is 1. The van der Waals surface area contributed by atoms with Crippen molar-refractivity contribution >= 4 is 5.97 Å². The maximum Gasteiger partial charge on any atom is 0.341 e. The highest BCUT2D eigenvalue weighted by Crippen LogP contribution is 2.36. The zero-order valence-electron chi connectivity index (χ0n) is 19.2. The Morgan fingerprint density at radius 3 is 2.24 bits per heavy atom. The molecule has 1 aliphatic carbocycles. The van der Waals surface area contributed by atoms with Crippen LogP contribution in [-0.4, -0.2) is 23.8 Å². The SMILES string of the molecule is CCC(CC1CCc2c(cccc2OCC(=O)O)C1)OC(c1ccccc1)c1ccccc1. The van der Waals surface area contributed by atoms with Crippen LogP contribution in [-0.2, 0) is 22.4 Å². The van der Waals surface area contributed by atoms with Crippen LogP contribution in [0.1, 0.15) is 54.5 Å². The minimum Gasteiger partial charge on any atom is -0.482 e. The Bertz CT molecular complexity index is 993. The van der Waals surface area contributed by atoms with Crippen molar-refractivity contribution in [3.63, 3.8) is 0 Å². The Labute approximate surface area is 196 Å². The van der Waals surface area contributed by atoms with Gasteiger partial charge in [0.25, 0.3) is 0 Å². The highest BCUT2D eigenvalue weighted by molar-refractivity contribution is 5.68. The van der Waals surface area contributed by atoms with Crippen molar-refractivity contribution in [2.45, 2.75) is 51.2 Å². The molecule has 3 aromatic rings. The van der Waals surface area contributed by atoms with Gasteiger partial charge in [-0.25, -0.2) is 4.79 Å². The van der Waals surface area contributed by atoms with E-state index >= 15 is 0 Å². The van der Waals surface area contributed by atoms with E-state index in [4.69, 9.17) is 14.6 Å². The minimum absolute atomic E-state index is 0.0794. The van der Waals surface area contributed by atoms with Crippen molar-refractivity contribution < 1.29 is 19.4 Å². The first-order valence-corrected chi connectivity index (χ1v) is 11.8. The van der Waals surface area contributed by atoms with Crippen LogP contribution in [0.2, 0.25) is 0 Å². The molecule has 33 heavy (non-hydrogen) atoms. The Kier molecular flexibility index (Phi) is 7.79. The van der Waals surface area contributed by atoms with Crippen LogP contribution in [0.5, 0.6) is 5.75 Å². The third-order valence-corrected chi connectivity index (χ3v) is 6.48. The maximum absolute atomic E-state index is 10.9. The van der Waals surface area contributed by atoms with E-state index in [0.29, 0.717) is 11.7 Å². The molecule has 0 radical (unpaired) electrons. The average Bonchev–Trinajstić information content (AvgIpc) is 2.86. The molecule has 0 saturated carbocycles. The van der Waals surface area contributed by atoms with E-state index in [0.717, 1.165) is 37.7 Å². The molecule has 0 amide bonds. The molecule has 0 aromatic heterocycles. The summed E-state index contributed by atoms with van der Waals surface area (Å²) in [5.74, 6) is 0.296. The van der Waals surface area contributed by atoms with Crippen molar-refractivity contribution in [1.29, 1.82) is 0 Å². The molecule has 0 saturated heterocycles. The molecule has 0 heterocycles. The fourth-order valence-corrected chi connectivity index (χ4v) is 4.81.